The summed E-state index contributed by atoms with van der Waals surface area (Å²) >= 11 is 0. The molecule has 2 aromatic carbocycles. The first-order valence-electron chi connectivity index (χ1n) is 11.6. The first-order valence-corrected chi connectivity index (χ1v) is 11.6. The molecule has 2 aromatic rings. The molecule has 0 spiro atoms. The molecule has 2 rings (SSSR count). The quantitative estimate of drug-likeness (QED) is 0.343. The molecule has 0 radical (unpaired) electrons. The number of nitrogens with one attached hydrogen (secondary N) is 2. The van der Waals surface area contributed by atoms with Crippen LogP contribution < -0.4 is 10.6 Å². The monoisotopic (exact) mass is 484 g/mol. The number of amides is 2. The van der Waals surface area contributed by atoms with Gasteiger partial charge in [-0.3, -0.25) is 9.59 Å². The number of ether oxygens (including phenoxy) is 1. The fourth-order valence-corrected chi connectivity index (χ4v) is 3.78. The largest absolute Gasteiger partial charge is 0.479 e. The Hall–Kier alpha value is -3.23. The highest BCUT2D eigenvalue weighted by molar-refractivity contribution is 6.06. The van der Waals surface area contributed by atoms with E-state index >= 15 is 0 Å². The third kappa shape index (κ3) is 7.13. The van der Waals surface area contributed by atoms with E-state index in [4.69, 9.17) is 4.74 Å². The predicted octanol–water partition coefficient (Wildman–Crippen LogP) is 3.05. The maximum atomic E-state index is 13.5. The third-order valence-corrected chi connectivity index (χ3v) is 5.93. The average molecular weight is 485 g/mol. The number of carbonyl (C=O) groups excluding carboxylic acids is 2. The zero-order valence-corrected chi connectivity index (χ0v) is 20.9. The summed E-state index contributed by atoms with van der Waals surface area (Å²) in [6, 6.07) is 16.6. The van der Waals surface area contributed by atoms with Gasteiger partial charge in [0.1, 0.15) is 6.04 Å². The van der Waals surface area contributed by atoms with Crippen molar-refractivity contribution in [2.75, 3.05) is 7.11 Å². The van der Waals surface area contributed by atoms with E-state index in [2.05, 4.69) is 10.6 Å². The maximum absolute atomic E-state index is 13.5. The molecule has 2 atom stereocenters. The minimum Gasteiger partial charge on any atom is -0.479 e. The zero-order chi connectivity index (χ0) is 26.2. The lowest BCUT2D eigenvalue weighted by molar-refractivity contribution is -0.173. The summed E-state index contributed by atoms with van der Waals surface area (Å²) in [4.78, 5) is 38.8. The van der Waals surface area contributed by atoms with Gasteiger partial charge in [-0.2, -0.15) is 0 Å². The highest BCUT2D eigenvalue weighted by atomic mass is 16.5. The lowest BCUT2D eigenvalue weighted by Crippen LogP contribution is -2.64. The van der Waals surface area contributed by atoms with E-state index in [-0.39, 0.29) is 12.3 Å². The topological polar surface area (TPSA) is 125 Å². The SMILES string of the molecule is COC(CCC(C)C)(C(=O)O)C(=O)NC(C(=O)NC(c1ccccc1)c1ccccc1)C(C)(C)O. The molecule has 0 aliphatic rings. The van der Waals surface area contributed by atoms with Crippen LogP contribution in [0.15, 0.2) is 60.7 Å². The van der Waals surface area contributed by atoms with Gasteiger partial charge in [0.25, 0.3) is 5.91 Å². The van der Waals surface area contributed by atoms with Crippen molar-refractivity contribution in [1.29, 1.82) is 0 Å². The molecule has 35 heavy (non-hydrogen) atoms. The van der Waals surface area contributed by atoms with Gasteiger partial charge in [-0.25, -0.2) is 4.79 Å². The normalized spacial score (nSPS) is 14.3. The molecule has 8 heteroatoms. The van der Waals surface area contributed by atoms with E-state index in [0.29, 0.717) is 6.42 Å². The summed E-state index contributed by atoms with van der Waals surface area (Å²) in [5.41, 5.74) is -2.27. The predicted molar refractivity (Wildman–Crippen MR) is 133 cm³/mol. The Morgan fingerprint density at radius 2 is 1.40 bits per heavy atom. The molecule has 0 saturated carbocycles. The molecule has 8 nitrogen and oxygen atoms in total. The van der Waals surface area contributed by atoms with Gasteiger partial charge >= 0.3 is 5.97 Å². The first-order chi connectivity index (χ1) is 16.4. The van der Waals surface area contributed by atoms with Crippen molar-refractivity contribution >= 4 is 17.8 Å². The summed E-state index contributed by atoms with van der Waals surface area (Å²) in [5.74, 6) is -2.99. The lowest BCUT2D eigenvalue weighted by atomic mass is 9.90. The number of carboxylic acid groups (broad SMARTS) is 1. The number of aliphatic carboxylic acids is 1. The van der Waals surface area contributed by atoms with Crippen LogP contribution in [0.25, 0.3) is 0 Å². The number of methoxy groups -OCH3 is 1. The fourth-order valence-electron chi connectivity index (χ4n) is 3.78. The molecule has 4 N–H and O–H groups in total. The molecular weight excluding hydrogens is 448 g/mol. The number of carbonyl (C=O) groups is 3. The van der Waals surface area contributed by atoms with Crippen molar-refractivity contribution in [3.05, 3.63) is 71.8 Å². The summed E-state index contributed by atoms with van der Waals surface area (Å²) in [6.07, 6.45) is 0.330. The molecule has 0 aromatic heterocycles. The molecular formula is C27H36N2O6. The van der Waals surface area contributed by atoms with Gasteiger partial charge in [-0.15, -0.1) is 0 Å². The Bertz CT molecular complexity index is 948. The van der Waals surface area contributed by atoms with Crippen molar-refractivity contribution < 1.29 is 29.3 Å². The van der Waals surface area contributed by atoms with Crippen LogP contribution in [0, 0.1) is 5.92 Å². The van der Waals surface area contributed by atoms with Gasteiger partial charge in [-0.05, 0) is 43.7 Å². The third-order valence-electron chi connectivity index (χ3n) is 5.93. The van der Waals surface area contributed by atoms with E-state index in [1.165, 1.54) is 13.8 Å². The molecule has 0 aliphatic carbocycles. The van der Waals surface area contributed by atoms with E-state index in [1.54, 1.807) is 0 Å². The minimum absolute atomic E-state index is 0.0841. The van der Waals surface area contributed by atoms with Gasteiger partial charge in [0.05, 0.1) is 11.6 Å². The van der Waals surface area contributed by atoms with Crippen LogP contribution in [0.1, 0.15) is 57.7 Å². The van der Waals surface area contributed by atoms with Crippen LogP contribution in [-0.2, 0) is 19.1 Å². The summed E-state index contributed by atoms with van der Waals surface area (Å²) in [6.45, 7) is 6.56. The van der Waals surface area contributed by atoms with Gasteiger partial charge in [0.15, 0.2) is 0 Å². The van der Waals surface area contributed by atoms with Crippen molar-refractivity contribution in [3.63, 3.8) is 0 Å². The number of carboxylic acids is 1. The van der Waals surface area contributed by atoms with E-state index < -0.39 is 41.1 Å². The second-order valence-corrected chi connectivity index (χ2v) is 9.59. The molecule has 190 valence electrons. The molecule has 0 fully saturated rings. The Balaban J connectivity index is 2.38. The molecule has 2 amide bonds. The number of benzene rings is 2. The van der Waals surface area contributed by atoms with Gasteiger partial charge < -0.3 is 25.6 Å². The number of rotatable bonds is 12. The van der Waals surface area contributed by atoms with Crippen molar-refractivity contribution in [3.8, 4) is 0 Å². The Morgan fingerprint density at radius 3 is 1.77 bits per heavy atom. The highest BCUT2D eigenvalue weighted by Crippen LogP contribution is 2.25. The molecule has 0 heterocycles. The van der Waals surface area contributed by atoms with Crippen molar-refractivity contribution in [2.24, 2.45) is 5.92 Å². The Kier molecular flexibility index (Phi) is 9.56. The zero-order valence-electron chi connectivity index (χ0n) is 20.9. The average Bonchev–Trinajstić information content (AvgIpc) is 2.81. The van der Waals surface area contributed by atoms with Crippen LogP contribution in [-0.4, -0.2) is 52.4 Å². The maximum Gasteiger partial charge on any atom is 0.345 e. The molecule has 0 aliphatic heterocycles. The number of hydrogen-bond donors (Lipinski definition) is 4. The van der Waals surface area contributed by atoms with Crippen molar-refractivity contribution in [1.82, 2.24) is 10.6 Å². The van der Waals surface area contributed by atoms with E-state index in [0.717, 1.165) is 18.2 Å². The molecule has 2 unspecified atom stereocenters. The van der Waals surface area contributed by atoms with Gasteiger partial charge in [0.2, 0.25) is 11.5 Å². The standard InChI is InChI=1S/C27H36N2O6/c1-18(2)16-17-27(35-5,25(32)33)24(31)29-22(26(3,4)34)23(30)28-21(19-12-8-6-9-13-19)20-14-10-7-11-15-20/h6-15,18,21-22,34H,16-17H2,1-5H3,(H,28,30)(H,29,31)(H,32,33). The fraction of sp³-hybridized carbons (Fsp3) is 0.444. The van der Waals surface area contributed by atoms with Crippen LogP contribution >= 0.6 is 0 Å². The van der Waals surface area contributed by atoms with Crippen molar-refractivity contribution in [2.45, 2.75) is 63.8 Å². The summed E-state index contributed by atoms with van der Waals surface area (Å²) < 4.78 is 5.20. The minimum atomic E-state index is -2.19. The highest BCUT2D eigenvalue weighted by Gasteiger charge is 2.49. The smallest absolute Gasteiger partial charge is 0.345 e. The van der Waals surface area contributed by atoms with Crippen LogP contribution in [0.3, 0.4) is 0 Å². The van der Waals surface area contributed by atoms with Gasteiger partial charge in [0, 0.05) is 7.11 Å². The summed E-state index contributed by atoms with van der Waals surface area (Å²) in [5, 5.41) is 26.0. The second-order valence-electron chi connectivity index (χ2n) is 9.59. The number of aliphatic hydroxyl groups is 1. The van der Waals surface area contributed by atoms with E-state index in [9.17, 15) is 24.6 Å². The van der Waals surface area contributed by atoms with Crippen LogP contribution in [0.2, 0.25) is 0 Å². The summed E-state index contributed by atoms with van der Waals surface area (Å²) in [7, 11) is 1.15. The Labute approximate surface area is 206 Å². The van der Waals surface area contributed by atoms with E-state index in [1.807, 2.05) is 74.5 Å². The number of hydrogen-bond acceptors (Lipinski definition) is 5. The molecule has 0 saturated heterocycles. The first kappa shape index (κ1) is 28.0. The van der Waals surface area contributed by atoms with Crippen LogP contribution in [0.4, 0.5) is 0 Å². The van der Waals surface area contributed by atoms with Gasteiger partial charge in [-0.1, -0.05) is 74.5 Å². The Morgan fingerprint density at radius 1 is 0.914 bits per heavy atom. The van der Waals surface area contributed by atoms with Crippen LogP contribution in [0.5, 0.6) is 0 Å². The molecule has 0 bridgehead atoms. The second kappa shape index (κ2) is 12.0. The lowest BCUT2D eigenvalue weighted by Gasteiger charge is -2.34.